The summed E-state index contributed by atoms with van der Waals surface area (Å²) in [4.78, 5) is 8.60. The summed E-state index contributed by atoms with van der Waals surface area (Å²) in [5.74, 6) is -0.478. The van der Waals surface area contributed by atoms with Gasteiger partial charge in [0.05, 0.1) is 16.8 Å². The lowest BCUT2D eigenvalue weighted by atomic mass is 9.90. The Labute approximate surface area is 154 Å². The first kappa shape index (κ1) is 20.4. The third-order valence-corrected chi connectivity index (χ3v) is 4.49. The number of thiazole rings is 1. The summed E-state index contributed by atoms with van der Waals surface area (Å²) in [6, 6.07) is 1.49. The van der Waals surface area contributed by atoms with Crippen molar-refractivity contribution < 1.29 is 23.0 Å². The number of benzene rings is 1. The number of alkyl halides is 3. The zero-order valence-corrected chi connectivity index (χ0v) is 16.0. The molecular weight excluding hydrogens is 365 g/mol. The minimum atomic E-state index is -4.90. The van der Waals surface area contributed by atoms with Crippen LogP contribution in [0.25, 0.3) is 11.3 Å². The van der Waals surface area contributed by atoms with Crippen LogP contribution >= 0.6 is 11.3 Å². The molecule has 0 aliphatic carbocycles. The van der Waals surface area contributed by atoms with Crippen molar-refractivity contribution >= 4 is 22.7 Å². The van der Waals surface area contributed by atoms with Gasteiger partial charge in [0.15, 0.2) is 5.75 Å². The average molecular weight is 386 g/mol. The molecule has 0 radical (unpaired) electrons. The molecule has 2 aromatic rings. The Kier molecular flexibility index (Phi) is 5.77. The van der Waals surface area contributed by atoms with Crippen molar-refractivity contribution in [3.05, 3.63) is 28.1 Å². The fourth-order valence-electron chi connectivity index (χ4n) is 2.43. The minimum absolute atomic E-state index is 0.00563. The van der Waals surface area contributed by atoms with Gasteiger partial charge in [-0.25, -0.2) is 4.98 Å². The van der Waals surface area contributed by atoms with E-state index in [9.17, 15) is 18.3 Å². The first-order valence-corrected chi connectivity index (χ1v) is 8.97. The lowest BCUT2D eigenvalue weighted by molar-refractivity contribution is -0.275. The predicted octanol–water partition coefficient (Wildman–Crippen LogP) is 5.75. The predicted molar refractivity (Wildman–Crippen MR) is 97.3 cm³/mol. The number of aliphatic imine (C=N–C) groups is 1. The van der Waals surface area contributed by atoms with Crippen molar-refractivity contribution in [2.75, 3.05) is 0 Å². The van der Waals surface area contributed by atoms with Crippen LogP contribution in [0.3, 0.4) is 0 Å². The van der Waals surface area contributed by atoms with Gasteiger partial charge in [0.2, 0.25) is 0 Å². The van der Waals surface area contributed by atoms with Gasteiger partial charge in [-0.05, 0) is 45.7 Å². The van der Waals surface area contributed by atoms with E-state index in [2.05, 4.69) is 14.7 Å². The lowest BCUT2D eigenvalue weighted by Gasteiger charge is -2.26. The third-order valence-electron chi connectivity index (χ3n) is 3.91. The van der Waals surface area contributed by atoms with Crippen LogP contribution in [0.15, 0.2) is 21.9 Å². The Morgan fingerprint density at radius 2 is 2.00 bits per heavy atom. The van der Waals surface area contributed by atoms with Gasteiger partial charge in [0, 0.05) is 22.2 Å². The quantitative estimate of drug-likeness (QED) is 0.666. The first-order valence-electron chi connectivity index (χ1n) is 8.03. The molecule has 1 heterocycles. The standard InChI is InChI=1S/C18H21F3N2O2S/c1-6-10(2)23-15-11(3)12(14-8-26-9-22-14)7-13(17(4,5)24)16(15)25-18(19,20)21/h7-9,24H,6H2,1-5H3/b23-10-. The van der Waals surface area contributed by atoms with E-state index in [4.69, 9.17) is 0 Å². The molecule has 0 unspecified atom stereocenters. The maximum absolute atomic E-state index is 13.1. The van der Waals surface area contributed by atoms with E-state index < -0.39 is 17.7 Å². The molecule has 1 aromatic carbocycles. The lowest BCUT2D eigenvalue weighted by Crippen LogP contribution is -2.23. The Balaban J connectivity index is 2.89. The van der Waals surface area contributed by atoms with Crippen molar-refractivity contribution in [2.45, 2.75) is 53.0 Å². The molecule has 0 aliphatic heterocycles. The van der Waals surface area contributed by atoms with Gasteiger partial charge in [-0.1, -0.05) is 6.92 Å². The normalized spacial score (nSPS) is 13.2. The monoisotopic (exact) mass is 386 g/mol. The molecule has 0 fully saturated rings. The molecule has 0 amide bonds. The van der Waals surface area contributed by atoms with Gasteiger partial charge >= 0.3 is 6.36 Å². The highest BCUT2D eigenvalue weighted by Crippen LogP contribution is 2.46. The van der Waals surface area contributed by atoms with E-state index >= 15 is 0 Å². The molecule has 8 heteroatoms. The molecule has 0 aliphatic rings. The van der Waals surface area contributed by atoms with Gasteiger partial charge in [-0.3, -0.25) is 4.99 Å². The zero-order chi connectivity index (χ0) is 19.7. The highest BCUT2D eigenvalue weighted by molar-refractivity contribution is 7.07. The number of aromatic nitrogens is 1. The molecular formula is C18H21F3N2O2S. The Morgan fingerprint density at radius 3 is 2.46 bits per heavy atom. The number of aliphatic hydroxyl groups is 1. The highest BCUT2D eigenvalue weighted by atomic mass is 32.1. The smallest absolute Gasteiger partial charge is 0.403 e. The van der Waals surface area contributed by atoms with Crippen LogP contribution in [0, 0.1) is 6.92 Å². The van der Waals surface area contributed by atoms with Crippen molar-refractivity contribution in [3.8, 4) is 17.0 Å². The second-order valence-corrected chi connectivity index (χ2v) is 7.17. The fourth-order valence-corrected chi connectivity index (χ4v) is 2.99. The molecule has 26 heavy (non-hydrogen) atoms. The van der Waals surface area contributed by atoms with Crippen molar-refractivity contribution in [2.24, 2.45) is 4.99 Å². The number of halogens is 3. The number of hydrogen-bond acceptors (Lipinski definition) is 5. The molecule has 1 aromatic heterocycles. The molecule has 0 bridgehead atoms. The topological polar surface area (TPSA) is 54.7 Å². The van der Waals surface area contributed by atoms with Crippen molar-refractivity contribution in [1.82, 2.24) is 4.98 Å². The molecule has 1 N–H and O–H groups in total. The van der Waals surface area contributed by atoms with Crippen LogP contribution in [0.4, 0.5) is 18.9 Å². The SMILES string of the molecule is CC/C(C)=N\c1c(C)c(-c2cscn2)cc(C(C)(C)O)c1OC(F)(F)F. The first-order chi connectivity index (χ1) is 11.9. The van der Waals surface area contributed by atoms with E-state index in [1.165, 1.54) is 31.3 Å². The van der Waals surface area contributed by atoms with Crippen molar-refractivity contribution in [3.63, 3.8) is 0 Å². The van der Waals surface area contributed by atoms with Crippen LogP contribution in [-0.4, -0.2) is 22.2 Å². The molecule has 0 saturated carbocycles. The van der Waals surface area contributed by atoms with Gasteiger partial charge < -0.3 is 9.84 Å². The number of ether oxygens (including phenoxy) is 1. The molecule has 0 atom stereocenters. The van der Waals surface area contributed by atoms with Crippen LogP contribution in [0.5, 0.6) is 5.75 Å². The van der Waals surface area contributed by atoms with Gasteiger partial charge in [0.1, 0.15) is 5.69 Å². The fraction of sp³-hybridized carbons (Fsp3) is 0.444. The van der Waals surface area contributed by atoms with E-state index in [0.717, 1.165) is 0 Å². The second kappa shape index (κ2) is 7.36. The Hall–Kier alpha value is -1.93. The molecule has 2 rings (SSSR count). The average Bonchev–Trinajstić information content (AvgIpc) is 3.02. The van der Waals surface area contributed by atoms with Gasteiger partial charge in [-0.2, -0.15) is 0 Å². The summed E-state index contributed by atoms with van der Waals surface area (Å²) in [6.07, 6.45) is -4.33. The summed E-state index contributed by atoms with van der Waals surface area (Å²) >= 11 is 1.37. The third kappa shape index (κ3) is 4.62. The van der Waals surface area contributed by atoms with Crippen molar-refractivity contribution in [1.29, 1.82) is 0 Å². The maximum atomic E-state index is 13.1. The number of hydrogen-bond donors (Lipinski definition) is 1. The second-order valence-electron chi connectivity index (χ2n) is 6.46. The summed E-state index contributed by atoms with van der Waals surface area (Å²) in [5, 5.41) is 12.3. The van der Waals surface area contributed by atoms with E-state index in [1.807, 2.05) is 6.92 Å². The van der Waals surface area contributed by atoms with E-state index in [-0.39, 0.29) is 11.3 Å². The number of rotatable bonds is 5. The molecule has 0 spiro atoms. The summed E-state index contributed by atoms with van der Waals surface area (Å²) in [6.45, 7) is 8.08. The summed E-state index contributed by atoms with van der Waals surface area (Å²) < 4.78 is 43.5. The largest absolute Gasteiger partial charge is 0.573 e. The summed E-state index contributed by atoms with van der Waals surface area (Å²) in [7, 11) is 0. The van der Waals surface area contributed by atoms with E-state index in [1.54, 1.807) is 24.7 Å². The Bertz CT molecular complexity index is 807. The van der Waals surface area contributed by atoms with E-state index in [0.29, 0.717) is 29.0 Å². The molecule has 0 saturated heterocycles. The number of nitrogens with zero attached hydrogens (tertiary/aromatic N) is 2. The van der Waals surface area contributed by atoms with Crippen LogP contribution < -0.4 is 4.74 Å². The molecule has 142 valence electrons. The van der Waals surface area contributed by atoms with Gasteiger partial charge in [0.25, 0.3) is 0 Å². The van der Waals surface area contributed by atoms with Crippen LogP contribution in [0.1, 0.15) is 45.2 Å². The highest BCUT2D eigenvalue weighted by Gasteiger charge is 2.37. The van der Waals surface area contributed by atoms with Gasteiger partial charge in [-0.15, -0.1) is 24.5 Å². The maximum Gasteiger partial charge on any atom is 0.573 e. The minimum Gasteiger partial charge on any atom is -0.403 e. The molecule has 4 nitrogen and oxygen atoms in total. The Morgan fingerprint density at radius 1 is 1.35 bits per heavy atom. The van der Waals surface area contributed by atoms with Crippen LogP contribution in [0.2, 0.25) is 0 Å². The van der Waals surface area contributed by atoms with Crippen LogP contribution in [-0.2, 0) is 5.60 Å². The summed E-state index contributed by atoms with van der Waals surface area (Å²) in [5.41, 5.74) is 2.52. The zero-order valence-electron chi connectivity index (χ0n) is 15.2.